The van der Waals surface area contributed by atoms with E-state index in [1.165, 1.54) is 13.3 Å². The molecule has 5 aromatic rings. The number of benzene rings is 3. The highest BCUT2D eigenvalue weighted by Gasteiger charge is 2.34. The summed E-state index contributed by atoms with van der Waals surface area (Å²) >= 11 is 0. The molecule has 1 aliphatic carbocycles. The minimum atomic E-state index is -0.210. The largest absolute Gasteiger partial charge is 0.436 e. The van der Waals surface area contributed by atoms with Gasteiger partial charge in [-0.15, -0.1) is 0 Å². The Kier molecular flexibility index (Phi) is 5.38. The molecule has 2 heterocycles. The van der Waals surface area contributed by atoms with E-state index in [0.717, 1.165) is 46.4 Å². The molecule has 0 radical (unpaired) electrons. The topological polar surface area (TPSA) is 94.0 Å². The lowest BCUT2D eigenvalue weighted by Crippen LogP contribution is -2.43. The number of anilines is 1. The Morgan fingerprint density at radius 3 is 2.39 bits per heavy atom. The lowest BCUT2D eigenvalue weighted by atomic mass is 9.72. The van der Waals surface area contributed by atoms with Crippen LogP contribution in [-0.2, 0) is 10.3 Å². The Bertz CT molecular complexity index is 1570. The van der Waals surface area contributed by atoms with Crippen molar-refractivity contribution in [2.75, 3.05) is 5.32 Å². The smallest absolute Gasteiger partial charge is 0.246 e. The minimum absolute atomic E-state index is 0.122. The summed E-state index contributed by atoms with van der Waals surface area (Å²) < 4.78 is 6.31. The van der Waals surface area contributed by atoms with Crippen molar-refractivity contribution in [3.63, 3.8) is 0 Å². The molecule has 1 amide bonds. The molecule has 6 nitrogen and oxygen atoms in total. The molecule has 178 valence electrons. The molecule has 1 fully saturated rings. The van der Waals surface area contributed by atoms with Gasteiger partial charge in [0.15, 0.2) is 0 Å². The number of aromatic nitrogens is 2. The number of carbonyl (C=O) groups is 1. The summed E-state index contributed by atoms with van der Waals surface area (Å²) in [5.74, 6) is 0.606. The number of carbonyl (C=O) groups excluding carboxylic acids is 1. The first kappa shape index (κ1) is 22.2. The molecule has 36 heavy (non-hydrogen) atoms. The predicted octanol–water partition coefficient (Wildman–Crippen LogP) is 6.52. The first-order valence-corrected chi connectivity index (χ1v) is 12.1. The zero-order valence-electron chi connectivity index (χ0n) is 20.0. The van der Waals surface area contributed by atoms with Crippen LogP contribution in [-0.4, -0.2) is 15.9 Å². The van der Waals surface area contributed by atoms with E-state index in [-0.39, 0.29) is 11.4 Å². The summed E-state index contributed by atoms with van der Waals surface area (Å²) in [7, 11) is 0. The maximum atomic E-state index is 11.5. The molecule has 0 spiro atoms. The molecule has 6 rings (SSSR count). The number of nitrogens with zero attached hydrogens (tertiary/aromatic N) is 2. The number of fused-ring (bicyclic) bond motifs is 1. The summed E-state index contributed by atoms with van der Waals surface area (Å²) in [6, 6.07) is 26.0. The third-order valence-corrected chi connectivity index (χ3v) is 6.91. The summed E-state index contributed by atoms with van der Waals surface area (Å²) in [6.07, 6.45) is 4.92. The molecule has 0 unspecified atom stereocenters. The normalized spacial score (nSPS) is 14.4. The quantitative estimate of drug-likeness (QED) is 0.302. The van der Waals surface area contributed by atoms with Gasteiger partial charge in [-0.3, -0.25) is 4.79 Å². The van der Waals surface area contributed by atoms with Gasteiger partial charge in [0.25, 0.3) is 0 Å². The van der Waals surface area contributed by atoms with Crippen molar-refractivity contribution in [2.24, 2.45) is 5.73 Å². The van der Waals surface area contributed by atoms with Crippen LogP contribution >= 0.6 is 0 Å². The monoisotopic (exact) mass is 474 g/mol. The third kappa shape index (κ3) is 3.95. The molecule has 1 aliphatic rings. The van der Waals surface area contributed by atoms with Crippen molar-refractivity contribution >= 4 is 22.8 Å². The van der Waals surface area contributed by atoms with Gasteiger partial charge in [-0.2, -0.15) is 0 Å². The van der Waals surface area contributed by atoms with Crippen molar-refractivity contribution in [1.82, 2.24) is 9.97 Å². The van der Waals surface area contributed by atoms with Crippen molar-refractivity contribution in [2.45, 2.75) is 31.7 Å². The Morgan fingerprint density at radius 1 is 0.944 bits per heavy atom. The van der Waals surface area contributed by atoms with Crippen molar-refractivity contribution in [3.05, 3.63) is 90.6 Å². The van der Waals surface area contributed by atoms with Crippen LogP contribution in [0.3, 0.4) is 0 Å². The number of nitrogens with one attached hydrogen (secondary N) is 1. The number of hydrogen-bond donors (Lipinski definition) is 2. The zero-order chi connectivity index (χ0) is 24.7. The maximum Gasteiger partial charge on any atom is 0.246 e. The summed E-state index contributed by atoms with van der Waals surface area (Å²) in [5, 5.41) is 2.82. The average molecular weight is 475 g/mol. The van der Waals surface area contributed by atoms with Gasteiger partial charge < -0.3 is 15.5 Å². The third-order valence-electron chi connectivity index (χ3n) is 6.91. The van der Waals surface area contributed by atoms with Gasteiger partial charge in [-0.1, -0.05) is 66.7 Å². The highest BCUT2D eigenvalue weighted by atomic mass is 16.3. The first-order valence-electron chi connectivity index (χ1n) is 12.1. The van der Waals surface area contributed by atoms with Crippen molar-refractivity contribution < 1.29 is 9.21 Å². The van der Waals surface area contributed by atoms with Gasteiger partial charge >= 0.3 is 0 Å². The molecule has 0 bridgehead atoms. The van der Waals surface area contributed by atoms with E-state index in [1.807, 2.05) is 42.5 Å². The fraction of sp³-hybridized carbons (Fsp3) is 0.167. The second-order valence-corrected chi connectivity index (χ2v) is 9.43. The van der Waals surface area contributed by atoms with E-state index in [0.29, 0.717) is 22.6 Å². The predicted molar refractivity (Wildman–Crippen MR) is 142 cm³/mol. The van der Waals surface area contributed by atoms with Crippen LogP contribution in [0.4, 0.5) is 5.69 Å². The molecule has 0 aliphatic heterocycles. The lowest BCUT2D eigenvalue weighted by molar-refractivity contribution is -0.114. The van der Waals surface area contributed by atoms with Crippen LogP contribution < -0.4 is 11.1 Å². The van der Waals surface area contributed by atoms with E-state index in [9.17, 15) is 4.79 Å². The number of nitrogens with two attached hydrogens (primary N) is 1. The highest BCUT2D eigenvalue weighted by Crippen LogP contribution is 2.42. The maximum absolute atomic E-state index is 11.5. The van der Waals surface area contributed by atoms with Gasteiger partial charge in [0.05, 0.1) is 17.5 Å². The van der Waals surface area contributed by atoms with Crippen LogP contribution in [0.25, 0.3) is 44.9 Å². The van der Waals surface area contributed by atoms with E-state index >= 15 is 0 Å². The van der Waals surface area contributed by atoms with E-state index < -0.39 is 0 Å². The van der Waals surface area contributed by atoms with E-state index in [4.69, 9.17) is 15.1 Å². The number of hydrogen-bond acceptors (Lipinski definition) is 5. The molecule has 6 heteroatoms. The summed E-state index contributed by atoms with van der Waals surface area (Å²) in [5.41, 5.74) is 13.8. The molecule has 1 saturated carbocycles. The van der Waals surface area contributed by atoms with E-state index in [1.54, 1.807) is 6.20 Å². The summed E-state index contributed by atoms with van der Waals surface area (Å²) in [4.78, 5) is 21.1. The fourth-order valence-corrected chi connectivity index (χ4v) is 4.85. The van der Waals surface area contributed by atoms with Crippen LogP contribution in [0.15, 0.2) is 89.5 Å². The molecule has 0 atom stereocenters. The van der Waals surface area contributed by atoms with Gasteiger partial charge in [0.1, 0.15) is 11.3 Å². The van der Waals surface area contributed by atoms with Gasteiger partial charge in [0, 0.05) is 29.3 Å². The molecule has 0 saturated heterocycles. The van der Waals surface area contributed by atoms with Crippen LogP contribution in [0.1, 0.15) is 31.7 Å². The van der Waals surface area contributed by atoms with Crippen molar-refractivity contribution in [1.29, 1.82) is 0 Å². The van der Waals surface area contributed by atoms with Crippen LogP contribution in [0.5, 0.6) is 0 Å². The van der Waals surface area contributed by atoms with Crippen LogP contribution in [0, 0.1) is 0 Å². The standard InChI is InChI=1S/C30H26N4O2/c1-19(35)33-24-10-5-9-22(17-24)25-18-32-29-27(34-25)26(20-7-3-2-4-8-20)28(36-29)21-11-13-23(14-12-21)30(31)15-6-16-30/h2-5,7-14,17-18H,6,15-16,31H2,1H3,(H,33,35). The fourth-order valence-electron chi connectivity index (χ4n) is 4.85. The second kappa shape index (κ2) is 8.73. The Hall–Kier alpha value is -4.29. The van der Waals surface area contributed by atoms with Crippen LogP contribution in [0.2, 0.25) is 0 Å². The van der Waals surface area contributed by atoms with Gasteiger partial charge in [-0.25, -0.2) is 9.97 Å². The average Bonchev–Trinajstić information content (AvgIpc) is 3.26. The minimum Gasteiger partial charge on any atom is -0.436 e. The SMILES string of the molecule is CC(=O)Nc1cccc(-c2cnc3oc(-c4ccc(C5(N)CCC5)cc4)c(-c4ccccc4)c3n2)c1. The number of amides is 1. The number of rotatable bonds is 5. The lowest BCUT2D eigenvalue weighted by Gasteiger charge is -2.38. The van der Waals surface area contributed by atoms with Gasteiger partial charge in [0.2, 0.25) is 11.6 Å². The molecule has 3 N–H and O–H groups in total. The van der Waals surface area contributed by atoms with Crippen molar-refractivity contribution in [3.8, 4) is 33.7 Å². The highest BCUT2D eigenvalue weighted by molar-refractivity contribution is 5.99. The number of furan rings is 1. The summed E-state index contributed by atoms with van der Waals surface area (Å²) in [6.45, 7) is 1.49. The Labute approximate surface area is 209 Å². The first-order chi connectivity index (χ1) is 17.5. The molecular weight excluding hydrogens is 448 g/mol. The Morgan fingerprint density at radius 2 is 1.69 bits per heavy atom. The molecule has 3 aromatic carbocycles. The molecular formula is C30H26N4O2. The molecule has 2 aromatic heterocycles. The zero-order valence-corrected chi connectivity index (χ0v) is 20.0. The van der Waals surface area contributed by atoms with Gasteiger partial charge in [-0.05, 0) is 42.5 Å². The Balaban J connectivity index is 1.48. The second-order valence-electron chi connectivity index (χ2n) is 9.43. The van der Waals surface area contributed by atoms with E-state index in [2.05, 4.69) is 46.7 Å².